The summed E-state index contributed by atoms with van der Waals surface area (Å²) in [5.74, 6) is -0.134. The van der Waals surface area contributed by atoms with Crippen LogP contribution in [0.4, 0.5) is 10.1 Å². The number of hydrogen-bond acceptors (Lipinski definition) is 3. The Morgan fingerprint density at radius 2 is 2.32 bits per heavy atom. The number of benzene rings is 1. The van der Waals surface area contributed by atoms with Crippen molar-refractivity contribution in [3.8, 4) is 0 Å². The summed E-state index contributed by atoms with van der Waals surface area (Å²) in [4.78, 5) is 2.25. The van der Waals surface area contributed by atoms with Crippen LogP contribution in [0.25, 0.3) is 0 Å². The van der Waals surface area contributed by atoms with Gasteiger partial charge in [-0.2, -0.15) is 0 Å². The second-order valence-corrected chi connectivity index (χ2v) is 4.93. The lowest BCUT2D eigenvalue weighted by Gasteiger charge is -2.35. The van der Waals surface area contributed by atoms with Gasteiger partial charge in [0.1, 0.15) is 5.82 Å². The maximum absolute atomic E-state index is 13.9. The standard InChI is InChI=1S/C15H23FN2O/c1-3-19-12-6-5-9-18(11-12)15-8-4-7-14(16)13(15)10-17-2/h4,7-8,12,17H,3,5-6,9-11H2,1-2H3. The van der Waals surface area contributed by atoms with Gasteiger partial charge in [-0.05, 0) is 38.9 Å². The molecule has 1 saturated heterocycles. The second-order valence-electron chi connectivity index (χ2n) is 4.93. The average molecular weight is 266 g/mol. The molecule has 4 heteroatoms. The number of nitrogens with one attached hydrogen (secondary N) is 1. The summed E-state index contributed by atoms with van der Waals surface area (Å²) in [5, 5.41) is 3.04. The van der Waals surface area contributed by atoms with Gasteiger partial charge in [0, 0.05) is 37.5 Å². The second kappa shape index (κ2) is 6.87. The molecule has 19 heavy (non-hydrogen) atoms. The first-order valence-corrected chi connectivity index (χ1v) is 7.04. The average Bonchev–Trinajstić information content (AvgIpc) is 2.42. The molecule has 1 heterocycles. The van der Waals surface area contributed by atoms with Crippen LogP contribution >= 0.6 is 0 Å². The highest BCUT2D eigenvalue weighted by atomic mass is 19.1. The number of anilines is 1. The Balaban J connectivity index is 2.18. The van der Waals surface area contributed by atoms with E-state index in [0.29, 0.717) is 6.54 Å². The van der Waals surface area contributed by atoms with E-state index in [9.17, 15) is 4.39 Å². The van der Waals surface area contributed by atoms with E-state index in [2.05, 4.69) is 10.2 Å². The van der Waals surface area contributed by atoms with Crippen LogP contribution in [-0.4, -0.2) is 32.8 Å². The van der Waals surface area contributed by atoms with E-state index < -0.39 is 0 Å². The van der Waals surface area contributed by atoms with Crippen LogP contribution in [-0.2, 0) is 11.3 Å². The Labute approximate surface area is 114 Å². The van der Waals surface area contributed by atoms with Crippen molar-refractivity contribution < 1.29 is 9.13 Å². The third kappa shape index (κ3) is 3.45. The largest absolute Gasteiger partial charge is 0.377 e. The van der Waals surface area contributed by atoms with Crippen molar-refractivity contribution in [3.63, 3.8) is 0 Å². The summed E-state index contributed by atoms with van der Waals surface area (Å²) in [6, 6.07) is 5.32. The van der Waals surface area contributed by atoms with Crippen molar-refractivity contribution in [1.29, 1.82) is 0 Å². The van der Waals surface area contributed by atoms with Gasteiger partial charge < -0.3 is 15.0 Å². The molecule has 2 rings (SSSR count). The van der Waals surface area contributed by atoms with Crippen LogP contribution in [0, 0.1) is 5.82 Å². The van der Waals surface area contributed by atoms with Gasteiger partial charge in [0.25, 0.3) is 0 Å². The summed E-state index contributed by atoms with van der Waals surface area (Å²) in [6.45, 7) is 5.15. The van der Waals surface area contributed by atoms with Gasteiger partial charge in [-0.25, -0.2) is 4.39 Å². The van der Waals surface area contributed by atoms with Gasteiger partial charge in [0.2, 0.25) is 0 Å². The van der Waals surface area contributed by atoms with E-state index in [1.165, 1.54) is 6.07 Å². The Bertz CT molecular complexity index is 409. The first kappa shape index (κ1) is 14.3. The molecule has 0 saturated carbocycles. The molecule has 1 aromatic carbocycles. The van der Waals surface area contributed by atoms with Gasteiger partial charge >= 0.3 is 0 Å². The number of hydrogen-bond donors (Lipinski definition) is 1. The molecule has 3 nitrogen and oxygen atoms in total. The molecule has 0 amide bonds. The van der Waals surface area contributed by atoms with Crippen molar-refractivity contribution in [2.24, 2.45) is 0 Å². The number of halogens is 1. The molecule has 1 unspecified atom stereocenters. The SMILES string of the molecule is CCOC1CCCN(c2cccc(F)c2CNC)C1. The van der Waals surface area contributed by atoms with E-state index in [4.69, 9.17) is 4.74 Å². The van der Waals surface area contributed by atoms with Crippen LogP contribution in [0.3, 0.4) is 0 Å². The van der Waals surface area contributed by atoms with Crippen molar-refractivity contribution in [2.75, 3.05) is 31.6 Å². The van der Waals surface area contributed by atoms with Gasteiger partial charge in [-0.15, -0.1) is 0 Å². The van der Waals surface area contributed by atoms with Gasteiger partial charge in [-0.1, -0.05) is 6.07 Å². The maximum atomic E-state index is 13.9. The summed E-state index contributed by atoms with van der Waals surface area (Å²) in [5.41, 5.74) is 1.75. The third-order valence-electron chi connectivity index (χ3n) is 3.57. The topological polar surface area (TPSA) is 24.5 Å². The van der Waals surface area contributed by atoms with E-state index in [-0.39, 0.29) is 11.9 Å². The molecular formula is C15H23FN2O. The number of rotatable bonds is 5. The fourth-order valence-electron chi connectivity index (χ4n) is 2.72. The quantitative estimate of drug-likeness (QED) is 0.886. The lowest BCUT2D eigenvalue weighted by molar-refractivity contribution is 0.0526. The van der Waals surface area contributed by atoms with E-state index in [1.807, 2.05) is 20.0 Å². The molecule has 1 aliphatic rings. The summed E-state index contributed by atoms with van der Waals surface area (Å²) < 4.78 is 19.7. The first-order chi connectivity index (χ1) is 9.26. The molecule has 106 valence electrons. The predicted octanol–water partition coefficient (Wildman–Crippen LogP) is 2.55. The maximum Gasteiger partial charge on any atom is 0.129 e. The summed E-state index contributed by atoms with van der Waals surface area (Å²) in [7, 11) is 1.84. The minimum atomic E-state index is -0.134. The zero-order valence-electron chi connectivity index (χ0n) is 11.8. The zero-order chi connectivity index (χ0) is 13.7. The molecule has 1 fully saturated rings. The summed E-state index contributed by atoms with van der Waals surface area (Å²) in [6.07, 6.45) is 2.46. The molecule has 1 N–H and O–H groups in total. The van der Waals surface area contributed by atoms with Crippen LogP contribution in [0.2, 0.25) is 0 Å². The van der Waals surface area contributed by atoms with Gasteiger partial charge in [0.05, 0.1) is 6.10 Å². The monoisotopic (exact) mass is 266 g/mol. The fraction of sp³-hybridized carbons (Fsp3) is 0.600. The first-order valence-electron chi connectivity index (χ1n) is 7.04. The highest BCUT2D eigenvalue weighted by molar-refractivity contribution is 5.54. The van der Waals surface area contributed by atoms with Gasteiger partial charge in [-0.3, -0.25) is 0 Å². The molecule has 0 bridgehead atoms. The van der Waals surface area contributed by atoms with Crippen molar-refractivity contribution in [1.82, 2.24) is 5.32 Å². The third-order valence-corrected chi connectivity index (χ3v) is 3.57. The van der Waals surface area contributed by atoms with Crippen LogP contribution in [0.5, 0.6) is 0 Å². The van der Waals surface area contributed by atoms with Crippen molar-refractivity contribution >= 4 is 5.69 Å². The smallest absolute Gasteiger partial charge is 0.129 e. The molecule has 1 atom stereocenters. The highest BCUT2D eigenvalue weighted by Gasteiger charge is 2.22. The molecule has 0 aromatic heterocycles. The zero-order valence-corrected chi connectivity index (χ0v) is 11.8. The van der Waals surface area contributed by atoms with Crippen molar-refractivity contribution in [3.05, 3.63) is 29.6 Å². The predicted molar refractivity (Wildman–Crippen MR) is 76.0 cm³/mol. The Morgan fingerprint density at radius 3 is 3.05 bits per heavy atom. The lowest BCUT2D eigenvalue weighted by atomic mass is 10.0. The van der Waals surface area contributed by atoms with E-state index in [0.717, 1.165) is 43.8 Å². The molecule has 0 aliphatic carbocycles. The molecule has 1 aliphatic heterocycles. The lowest BCUT2D eigenvalue weighted by Crippen LogP contribution is -2.40. The minimum Gasteiger partial charge on any atom is -0.377 e. The molecule has 1 aromatic rings. The van der Waals surface area contributed by atoms with Crippen LogP contribution in [0.15, 0.2) is 18.2 Å². The van der Waals surface area contributed by atoms with E-state index >= 15 is 0 Å². The normalized spacial score (nSPS) is 19.7. The minimum absolute atomic E-state index is 0.134. The Kier molecular flexibility index (Phi) is 5.16. The molecular weight excluding hydrogens is 243 g/mol. The van der Waals surface area contributed by atoms with E-state index in [1.54, 1.807) is 6.07 Å². The molecule has 0 spiro atoms. The Morgan fingerprint density at radius 1 is 1.47 bits per heavy atom. The van der Waals surface area contributed by atoms with Crippen LogP contribution < -0.4 is 10.2 Å². The number of piperidine rings is 1. The molecule has 0 radical (unpaired) electrons. The van der Waals surface area contributed by atoms with Crippen molar-refractivity contribution in [2.45, 2.75) is 32.4 Å². The summed E-state index contributed by atoms with van der Waals surface area (Å²) >= 11 is 0. The number of nitrogens with zero attached hydrogens (tertiary/aromatic N) is 1. The number of ether oxygens (including phenoxy) is 1. The van der Waals surface area contributed by atoms with Gasteiger partial charge in [0.15, 0.2) is 0 Å². The fourth-order valence-corrected chi connectivity index (χ4v) is 2.72. The Hall–Kier alpha value is -1.13. The van der Waals surface area contributed by atoms with Crippen LogP contribution in [0.1, 0.15) is 25.3 Å². The highest BCUT2D eigenvalue weighted by Crippen LogP contribution is 2.27.